The van der Waals surface area contributed by atoms with Crippen LogP contribution in [0.15, 0.2) is 0 Å². The van der Waals surface area contributed by atoms with Gasteiger partial charge in [-0.2, -0.15) is 0 Å². The zero-order chi connectivity index (χ0) is 20.8. The lowest BCUT2D eigenvalue weighted by Crippen LogP contribution is -2.56. The summed E-state index contributed by atoms with van der Waals surface area (Å²) in [7, 11) is 0. The smallest absolute Gasteiger partial charge is 0.323 e. The van der Waals surface area contributed by atoms with Gasteiger partial charge in [-0.25, -0.2) is 0 Å². The molecule has 0 radical (unpaired) electrons. The van der Waals surface area contributed by atoms with Gasteiger partial charge < -0.3 is 15.4 Å². The molecule has 3 N–H and O–H groups in total. The molecule has 7 heteroatoms. The maximum absolute atomic E-state index is 12.5. The molecule has 0 saturated carbocycles. The van der Waals surface area contributed by atoms with Crippen molar-refractivity contribution in [3.05, 3.63) is 0 Å². The van der Waals surface area contributed by atoms with Crippen LogP contribution in [0.3, 0.4) is 0 Å². The van der Waals surface area contributed by atoms with Crippen molar-refractivity contribution in [1.29, 1.82) is 0 Å². The Hall–Kier alpha value is -1.63. The number of carbonyl (C=O) groups is 3. The molecule has 1 rings (SSSR count). The molecular weight excluding hydrogens is 346 g/mol. The van der Waals surface area contributed by atoms with Gasteiger partial charge >= 0.3 is 5.97 Å². The Balaban J connectivity index is 3.02. The SMILES string of the molecule is CCC(CC)C[C@H](NC(C)=O)[C@@H]1NC(C(=O)OC(C)(C)C)C[C@H]1NC(C)=O. The molecule has 1 saturated heterocycles. The van der Waals surface area contributed by atoms with Gasteiger partial charge in [0, 0.05) is 32.0 Å². The predicted octanol–water partition coefficient (Wildman–Crippen LogP) is 1.89. The molecule has 0 aromatic heterocycles. The largest absolute Gasteiger partial charge is 0.459 e. The monoisotopic (exact) mass is 383 g/mol. The van der Waals surface area contributed by atoms with Crippen LogP contribution in [0.2, 0.25) is 0 Å². The lowest BCUT2D eigenvalue weighted by molar-refractivity contribution is -0.157. The second kappa shape index (κ2) is 10.1. The van der Waals surface area contributed by atoms with Gasteiger partial charge in [0.1, 0.15) is 11.6 Å². The van der Waals surface area contributed by atoms with Crippen LogP contribution < -0.4 is 16.0 Å². The third-order valence-electron chi connectivity index (χ3n) is 4.96. The first kappa shape index (κ1) is 23.4. The van der Waals surface area contributed by atoms with Gasteiger partial charge in [0.15, 0.2) is 0 Å². The van der Waals surface area contributed by atoms with Crippen LogP contribution in [0.5, 0.6) is 0 Å². The quantitative estimate of drug-likeness (QED) is 0.556. The van der Waals surface area contributed by atoms with Crippen LogP contribution in [0.1, 0.15) is 74.1 Å². The van der Waals surface area contributed by atoms with Crippen molar-refractivity contribution in [3.63, 3.8) is 0 Å². The first-order valence-corrected chi connectivity index (χ1v) is 9.99. The Morgan fingerprint density at radius 1 is 1.11 bits per heavy atom. The van der Waals surface area contributed by atoms with Crippen LogP contribution >= 0.6 is 0 Å². The van der Waals surface area contributed by atoms with Crippen LogP contribution in [-0.4, -0.2) is 47.6 Å². The Morgan fingerprint density at radius 2 is 1.70 bits per heavy atom. The van der Waals surface area contributed by atoms with Crippen molar-refractivity contribution in [2.75, 3.05) is 0 Å². The van der Waals surface area contributed by atoms with Crippen molar-refractivity contribution in [2.45, 2.75) is 104 Å². The van der Waals surface area contributed by atoms with Crippen molar-refractivity contribution >= 4 is 17.8 Å². The molecule has 0 spiro atoms. The van der Waals surface area contributed by atoms with Crippen molar-refractivity contribution < 1.29 is 19.1 Å². The molecule has 1 unspecified atom stereocenters. The van der Waals surface area contributed by atoms with Gasteiger partial charge in [-0.1, -0.05) is 26.7 Å². The van der Waals surface area contributed by atoms with Crippen molar-refractivity contribution in [3.8, 4) is 0 Å². The highest BCUT2D eigenvalue weighted by molar-refractivity contribution is 5.78. The maximum Gasteiger partial charge on any atom is 0.323 e. The lowest BCUT2D eigenvalue weighted by atomic mass is 9.89. The molecular formula is C20H37N3O4. The fourth-order valence-corrected chi connectivity index (χ4v) is 3.70. The zero-order valence-corrected chi connectivity index (χ0v) is 17.8. The first-order chi connectivity index (χ1) is 12.5. The van der Waals surface area contributed by atoms with E-state index in [1.807, 2.05) is 20.8 Å². The van der Waals surface area contributed by atoms with Crippen LogP contribution in [-0.2, 0) is 19.1 Å². The van der Waals surface area contributed by atoms with Gasteiger partial charge in [0.2, 0.25) is 11.8 Å². The summed E-state index contributed by atoms with van der Waals surface area (Å²) in [6.45, 7) is 12.7. The van der Waals surface area contributed by atoms with Gasteiger partial charge in [-0.15, -0.1) is 0 Å². The Morgan fingerprint density at radius 3 is 2.15 bits per heavy atom. The normalized spacial score (nSPS) is 23.8. The highest BCUT2D eigenvalue weighted by atomic mass is 16.6. The minimum absolute atomic E-state index is 0.116. The van der Waals surface area contributed by atoms with E-state index < -0.39 is 11.6 Å². The fraction of sp³-hybridized carbons (Fsp3) is 0.850. The number of hydrogen-bond acceptors (Lipinski definition) is 5. The molecule has 1 fully saturated rings. The van der Waals surface area contributed by atoms with Gasteiger partial charge in [-0.05, 0) is 39.5 Å². The van der Waals surface area contributed by atoms with Crippen LogP contribution in [0.4, 0.5) is 0 Å². The summed E-state index contributed by atoms with van der Waals surface area (Å²) >= 11 is 0. The van der Waals surface area contributed by atoms with E-state index in [-0.39, 0.29) is 35.9 Å². The molecule has 27 heavy (non-hydrogen) atoms. The molecule has 1 heterocycles. The summed E-state index contributed by atoms with van der Waals surface area (Å²) in [5.41, 5.74) is -0.576. The van der Waals surface area contributed by atoms with E-state index in [0.717, 1.165) is 19.3 Å². The summed E-state index contributed by atoms with van der Waals surface area (Å²) < 4.78 is 5.51. The second-order valence-electron chi connectivity index (χ2n) is 8.55. The highest BCUT2D eigenvalue weighted by Gasteiger charge is 2.43. The van der Waals surface area contributed by atoms with E-state index in [9.17, 15) is 14.4 Å². The molecule has 1 aliphatic rings. The van der Waals surface area contributed by atoms with Crippen LogP contribution in [0.25, 0.3) is 0 Å². The van der Waals surface area contributed by atoms with Gasteiger partial charge in [-0.3, -0.25) is 19.7 Å². The molecule has 156 valence electrons. The molecule has 0 aromatic rings. The molecule has 0 aliphatic carbocycles. The number of rotatable bonds is 8. The van der Waals surface area contributed by atoms with E-state index in [1.165, 1.54) is 13.8 Å². The zero-order valence-electron chi connectivity index (χ0n) is 17.8. The predicted molar refractivity (Wildman–Crippen MR) is 105 cm³/mol. The fourth-order valence-electron chi connectivity index (χ4n) is 3.70. The first-order valence-electron chi connectivity index (χ1n) is 9.99. The third kappa shape index (κ3) is 7.87. The van der Waals surface area contributed by atoms with E-state index >= 15 is 0 Å². The summed E-state index contributed by atoms with van der Waals surface area (Å²) in [5.74, 6) is -0.137. The molecule has 1 aliphatic heterocycles. The topological polar surface area (TPSA) is 96.5 Å². The lowest BCUT2D eigenvalue weighted by Gasteiger charge is -2.32. The van der Waals surface area contributed by atoms with Crippen molar-refractivity contribution in [2.24, 2.45) is 5.92 Å². The molecule has 4 atom stereocenters. The maximum atomic E-state index is 12.5. The highest BCUT2D eigenvalue weighted by Crippen LogP contribution is 2.25. The van der Waals surface area contributed by atoms with Gasteiger partial charge in [0.05, 0.1) is 0 Å². The van der Waals surface area contributed by atoms with E-state index in [2.05, 4.69) is 29.8 Å². The average molecular weight is 384 g/mol. The number of amides is 2. The standard InChI is InChI=1S/C20H37N3O4/c1-8-14(9-2)10-15(21-12(3)24)18-16(22-13(4)25)11-17(23-18)19(26)27-20(5,6)7/h14-18,23H,8-11H2,1-7H3,(H,21,24)(H,22,25)/t15-,16+,17?,18-/m0/s1. The molecule has 2 amide bonds. The third-order valence-corrected chi connectivity index (χ3v) is 4.96. The van der Waals surface area contributed by atoms with Gasteiger partial charge in [0.25, 0.3) is 0 Å². The summed E-state index contributed by atoms with van der Waals surface area (Å²) in [5, 5.41) is 9.29. The Bertz CT molecular complexity index is 526. The minimum Gasteiger partial charge on any atom is -0.459 e. The van der Waals surface area contributed by atoms with E-state index in [1.54, 1.807) is 0 Å². The summed E-state index contributed by atoms with van der Waals surface area (Å²) in [6.07, 6.45) is 3.26. The summed E-state index contributed by atoms with van der Waals surface area (Å²) in [4.78, 5) is 36.0. The number of hydrogen-bond donors (Lipinski definition) is 3. The van der Waals surface area contributed by atoms with E-state index in [4.69, 9.17) is 4.74 Å². The number of esters is 1. The molecule has 0 aromatic carbocycles. The van der Waals surface area contributed by atoms with Crippen molar-refractivity contribution in [1.82, 2.24) is 16.0 Å². The number of nitrogens with one attached hydrogen (secondary N) is 3. The number of carbonyl (C=O) groups excluding carboxylic acids is 3. The molecule has 0 bridgehead atoms. The average Bonchev–Trinajstić information content (AvgIpc) is 2.92. The second-order valence-corrected chi connectivity index (χ2v) is 8.55. The summed E-state index contributed by atoms with van der Waals surface area (Å²) in [6, 6.07) is -1.15. The van der Waals surface area contributed by atoms with Crippen LogP contribution in [0, 0.1) is 5.92 Å². The van der Waals surface area contributed by atoms with E-state index in [0.29, 0.717) is 12.3 Å². The number of ether oxygens (including phenoxy) is 1. The Labute approximate surface area is 163 Å². The Kier molecular flexibility index (Phi) is 8.72. The minimum atomic E-state index is -0.576. The molecule has 7 nitrogen and oxygen atoms in total.